The predicted molar refractivity (Wildman–Crippen MR) is 100 cm³/mol. The molecule has 7 heteroatoms. The summed E-state index contributed by atoms with van der Waals surface area (Å²) in [5, 5.41) is 13.2. The highest BCUT2D eigenvalue weighted by Crippen LogP contribution is 2.37. The zero-order chi connectivity index (χ0) is 18.5. The number of aryl methyl sites for hydroxylation is 1. The standard InChI is InChI=1S/C19H19N3O3S/c1-4-5-17-22-13(11-26-17)10-25-19-12(8-20)9-21-18-15(19)6-14(23-2)7-16(18)24-3/h6-7,9,11H,4-5,10H2,1-3H3. The van der Waals surface area contributed by atoms with Crippen LogP contribution in [0.3, 0.4) is 0 Å². The number of benzene rings is 1. The van der Waals surface area contributed by atoms with E-state index in [2.05, 4.69) is 23.0 Å². The summed E-state index contributed by atoms with van der Waals surface area (Å²) in [5.74, 6) is 1.63. The van der Waals surface area contributed by atoms with Crippen molar-refractivity contribution in [2.24, 2.45) is 0 Å². The van der Waals surface area contributed by atoms with Crippen molar-refractivity contribution in [3.8, 4) is 23.3 Å². The third-order valence-corrected chi connectivity index (χ3v) is 4.82. The first-order chi connectivity index (χ1) is 12.7. The maximum Gasteiger partial charge on any atom is 0.148 e. The predicted octanol–water partition coefficient (Wildman–Crippen LogP) is 4.11. The summed E-state index contributed by atoms with van der Waals surface area (Å²) in [6, 6.07) is 5.69. The molecule has 0 aliphatic rings. The van der Waals surface area contributed by atoms with Gasteiger partial charge in [0.15, 0.2) is 0 Å². The van der Waals surface area contributed by atoms with Crippen molar-refractivity contribution in [1.82, 2.24) is 9.97 Å². The van der Waals surface area contributed by atoms with Gasteiger partial charge in [-0.05, 0) is 18.9 Å². The molecule has 0 fully saturated rings. The van der Waals surface area contributed by atoms with Crippen LogP contribution in [0.15, 0.2) is 23.7 Å². The first-order valence-corrected chi connectivity index (χ1v) is 9.09. The molecule has 3 aromatic rings. The molecule has 0 spiro atoms. The first kappa shape index (κ1) is 18.0. The maximum absolute atomic E-state index is 9.46. The molecule has 134 valence electrons. The molecule has 6 nitrogen and oxygen atoms in total. The van der Waals surface area contributed by atoms with Crippen molar-refractivity contribution < 1.29 is 14.2 Å². The second-order valence-corrected chi connectivity index (χ2v) is 6.55. The van der Waals surface area contributed by atoms with Crippen LogP contribution in [0.5, 0.6) is 17.2 Å². The molecule has 0 saturated heterocycles. The molecule has 0 amide bonds. The number of aromatic nitrogens is 2. The number of methoxy groups -OCH3 is 2. The molecule has 2 heterocycles. The van der Waals surface area contributed by atoms with Gasteiger partial charge in [0, 0.05) is 17.6 Å². The Morgan fingerprint density at radius 2 is 2.08 bits per heavy atom. The van der Waals surface area contributed by atoms with Gasteiger partial charge in [-0.15, -0.1) is 11.3 Å². The molecule has 0 atom stereocenters. The van der Waals surface area contributed by atoms with E-state index in [1.807, 2.05) is 5.38 Å². The van der Waals surface area contributed by atoms with Crippen molar-refractivity contribution in [2.45, 2.75) is 26.4 Å². The van der Waals surface area contributed by atoms with Crippen LogP contribution in [-0.2, 0) is 13.0 Å². The molecule has 1 aromatic carbocycles. The van der Waals surface area contributed by atoms with Gasteiger partial charge in [-0.3, -0.25) is 4.98 Å². The Bertz CT molecular complexity index is 963. The smallest absolute Gasteiger partial charge is 0.148 e. The van der Waals surface area contributed by atoms with Gasteiger partial charge in [0.2, 0.25) is 0 Å². The van der Waals surface area contributed by atoms with Gasteiger partial charge in [-0.1, -0.05) is 6.92 Å². The van der Waals surface area contributed by atoms with Crippen LogP contribution in [-0.4, -0.2) is 24.2 Å². The summed E-state index contributed by atoms with van der Waals surface area (Å²) in [6.45, 7) is 2.41. The summed E-state index contributed by atoms with van der Waals surface area (Å²) in [6.07, 6.45) is 3.51. The molecule has 0 N–H and O–H groups in total. The Labute approximate surface area is 156 Å². The molecular weight excluding hydrogens is 350 g/mol. The van der Waals surface area contributed by atoms with E-state index in [-0.39, 0.29) is 6.61 Å². The second kappa shape index (κ2) is 8.02. The Morgan fingerprint density at radius 1 is 1.23 bits per heavy atom. The fraction of sp³-hybridized carbons (Fsp3) is 0.316. The van der Waals surface area contributed by atoms with Crippen molar-refractivity contribution >= 4 is 22.2 Å². The minimum Gasteiger partial charge on any atom is -0.497 e. The lowest BCUT2D eigenvalue weighted by Gasteiger charge is -2.13. The van der Waals surface area contributed by atoms with Gasteiger partial charge in [0.25, 0.3) is 0 Å². The van der Waals surface area contributed by atoms with E-state index < -0.39 is 0 Å². The van der Waals surface area contributed by atoms with Crippen molar-refractivity contribution in [3.63, 3.8) is 0 Å². The summed E-state index contributed by atoms with van der Waals surface area (Å²) < 4.78 is 16.7. The monoisotopic (exact) mass is 369 g/mol. The highest BCUT2D eigenvalue weighted by molar-refractivity contribution is 7.09. The number of pyridine rings is 1. The van der Waals surface area contributed by atoms with Crippen LogP contribution < -0.4 is 14.2 Å². The fourth-order valence-corrected chi connectivity index (χ4v) is 3.51. The lowest BCUT2D eigenvalue weighted by molar-refractivity contribution is 0.304. The fourth-order valence-electron chi connectivity index (χ4n) is 2.62. The molecule has 2 aromatic heterocycles. The van der Waals surface area contributed by atoms with Crippen LogP contribution in [0.25, 0.3) is 10.9 Å². The van der Waals surface area contributed by atoms with Crippen LogP contribution >= 0.6 is 11.3 Å². The van der Waals surface area contributed by atoms with Gasteiger partial charge in [-0.25, -0.2) is 4.98 Å². The number of thiazole rings is 1. The Balaban J connectivity index is 2.00. The third-order valence-electron chi connectivity index (χ3n) is 3.86. The molecule has 0 aliphatic heterocycles. The average molecular weight is 369 g/mol. The molecule has 0 aliphatic carbocycles. The lowest BCUT2D eigenvalue weighted by Crippen LogP contribution is -2.01. The quantitative estimate of drug-likeness (QED) is 0.624. The van der Waals surface area contributed by atoms with Crippen LogP contribution in [0.1, 0.15) is 29.6 Å². The molecule has 0 unspecified atom stereocenters. The average Bonchev–Trinajstić information content (AvgIpc) is 3.12. The molecular formula is C19H19N3O3S. The number of ether oxygens (including phenoxy) is 3. The minimum atomic E-state index is 0.285. The topological polar surface area (TPSA) is 77.3 Å². The van der Waals surface area contributed by atoms with E-state index in [0.29, 0.717) is 33.7 Å². The molecule has 0 bridgehead atoms. The first-order valence-electron chi connectivity index (χ1n) is 8.21. The van der Waals surface area contributed by atoms with E-state index in [4.69, 9.17) is 14.2 Å². The minimum absolute atomic E-state index is 0.285. The van der Waals surface area contributed by atoms with Crippen LogP contribution in [0.2, 0.25) is 0 Å². The van der Waals surface area contributed by atoms with Crippen molar-refractivity contribution in [3.05, 3.63) is 40.0 Å². The SMILES string of the molecule is CCCc1nc(COc2c(C#N)cnc3c(OC)cc(OC)cc23)cs1. The Hall–Kier alpha value is -2.85. The summed E-state index contributed by atoms with van der Waals surface area (Å²) in [5.41, 5.74) is 1.83. The Kier molecular flexibility index (Phi) is 5.54. The number of fused-ring (bicyclic) bond motifs is 1. The number of nitrogens with zero attached hydrogens (tertiary/aromatic N) is 3. The number of hydrogen-bond donors (Lipinski definition) is 0. The van der Waals surface area contributed by atoms with Gasteiger partial charge in [-0.2, -0.15) is 5.26 Å². The number of rotatable bonds is 7. The molecule has 26 heavy (non-hydrogen) atoms. The van der Waals surface area contributed by atoms with E-state index in [1.54, 1.807) is 37.7 Å². The van der Waals surface area contributed by atoms with E-state index in [1.165, 1.54) is 6.20 Å². The zero-order valence-corrected chi connectivity index (χ0v) is 15.7. The van der Waals surface area contributed by atoms with Crippen molar-refractivity contribution in [1.29, 1.82) is 5.26 Å². The van der Waals surface area contributed by atoms with E-state index >= 15 is 0 Å². The maximum atomic E-state index is 9.46. The molecule has 0 saturated carbocycles. The van der Waals surface area contributed by atoms with E-state index in [9.17, 15) is 5.26 Å². The van der Waals surface area contributed by atoms with Gasteiger partial charge in [0.05, 0.1) is 30.3 Å². The molecule has 3 rings (SSSR count). The highest BCUT2D eigenvalue weighted by Gasteiger charge is 2.16. The second-order valence-electron chi connectivity index (χ2n) is 5.61. The molecule has 0 radical (unpaired) electrons. The van der Waals surface area contributed by atoms with Gasteiger partial charge in [0.1, 0.15) is 41.0 Å². The van der Waals surface area contributed by atoms with Crippen molar-refractivity contribution in [2.75, 3.05) is 14.2 Å². The van der Waals surface area contributed by atoms with E-state index in [0.717, 1.165) is 23.5 Å². The van der Waals surface area contributed by atoms with Crippen LogP contribution in [0, 0.1) is 11.3 Å². The normalized spacial score (nSPS) is 10.5. The van der Waals surface area contributed by atoms with Gasteiger partial charge < -0.3 is 14.2 Å². The summed E-state index contributed by atoms with van der Waals surface area (Å²) >= 11 is 1.63. The Morgan fingerprint density at radius 3 is 2.77 bits per heavy atom. The summed E-state index contributed by atoms with van der Waals surface area (Å²) in [4.78, 5) is 8.91. The van der Waals surface area contributed by atoms with Gasteiger partial charge >= 0.3 is 0 Å². The zero-order valence-electron chi connectivity index (χ0n) is 14.9. The lowest BCUT2D eigenvalue weighted by atomic mass is 10.1. The largest absolute Gasteiger partial charge is 0.497 e. The highest BCUT2D eigenvalue weighted by atomic mass is 32.1. The number of hydrogen-bond acceptors (Lipinski definition) is 7. The number of nitriles is 1. The van der Waals surface area contributed by atoms with Crippen LogP contribution in [0.4, 0.5) is 0 Å². The summed E-state index contributed by atoms with van der Waals surface area (Å²) in [7, 11) is 3.15. The third kappa shape index (κ3) is 3.55.